The van der Waals surface area contributed by atoms with Crippen molar-refractivity contribution in [1.29, 1.82) is 0 Å². The van der Waals surface area contributed by atoms with Crippen LogP contribution in [-0.4, -0.2) is 162 Å². The van der Waals surface area contributed by atoms with Crippen molar-refractivity contribution in [2.75, 3.05) is 72.7 Å². The zero-order valence-electron chi connectivity index (χ0n) is 84.4. The molecule has 3 aliphatic carbocycles. The molecule has 7 aromatic heterocycles. The molecule has 12 fully saturated rings. The molecule has 22 atom stereocenters. The molecule has 16 aliphatic heterocycles. The van der Waals surface area contributed by atoms with Crippen LogP contribution in [0.5, 0.6) is 0 Å². The van der Waals surface area contributed by atoms with Crippen molar-refractivity contribution in [2.24, 2.45) is 35.5 Å². The Labute approximate surface area is 902 Å². The van der Waals surface area contributed by atoms with Gasteiger partial charge in [-0.1, -0.05) is 108 Å². The maximum absolute atomic E-state index is 10.1. The van der Waals surface area contributed by atoms with E-state index in [0.717, 1.165) is 260 Å². The van der Waals surface area contributed by atoms with Crippen molar-refractivity contribution in [3.63, 3.8) is 0 Å². The number of fused-ring (bicyclic) bond motifs is 14. The van der Waals surface area contributed by atoms with E-state index in [-0.39, 0.29) is 39.2 Å². The molecule has 141 heavy (non-hydrogen) atoms. The first kappa shape index (κ1) is 107. The molecule has 0 bridgehead atoms. The summed E-state index contributed by atoms with van der Waals surface area (Å²) in [5.41, 5.74) is 8.81. The summed E-state index contributed by atoms with van der Waals surface area (Å²) >= 11 is 55.8. The standard InChI is InChI=1S/C18H26ClNO2S.C17H24ClNO2S.C16H22ClNOS.C15H20ClNO2S.C15H20ClNOS.C15H22ClNOS.C14H20ClNOS/c1-12-10-18(17-14(4-7-22-18)9-16(19)23-17)11-15(20-12)8-13-2-5-21-6-3-13;1-11-9-17(10-14(19-11)12-2-5-20-6-3-12)16-13(4-7-21-17)8-15(18)22-16;1-10-8-16(9-13(18-10)11-3-2-4-11)15-12(5-6-19-16)7-14(17)20-15;1-8-5-15(6-11(17-8)9-2-3-9)14-10(4-13(16)20-14)12(18)7-19-15;1-9-7-15(8-12(17-9)10-2-3-10)14-11(4-5-18-15)6-13(16)19-14;1-9(2)12-8-15(7-10(3)17-12)14-11(4-5-18-15)6-13(16)19-14;1-3-11-8-14(7-9(2)16-11)13-10(4-5-17-14)6-12(15)18-13/h9,12-13,15,20H,2-8,10-11H2,1H3;8,11-12,14,19H,2-7,9-10H2,1H3;7,10-11,13,18H,2-6,8-9H2,1H3;4,8-9,11-12,17-18H,2-3,5-7H2,1H3;6,9-10,12,17H,2-5,7-8H2,1H3;6,9-10,12,17H,4-5,7-8H2,1-3H3;6,9,11,16H,3-5,7-8H2,1-2H3/t;;;8-,11-,12?,15-;;;/m...0.../s1. The first-order valence-electron chi connectivity index (χ1n) is 54.0. The molecule has 0 radical (unpaired) electrons. The summed E-state index contributed by atoms with van der Waals surface area (Å²) in [4.78, 5) is 9.59. The number of thiophene rings is 7. The number of hydrogen-bond donors (Lipinski definition) is 8. The van der Waals surface area contributed by atoms with Crippen molar-refractivity contribution in [3.05, 3.63) is 146 Å². The number of aliphatic hydroxyl groups is 1. The molecule has 31 heteroatoms. The Kier molecular flexibility index (Phi) is 34.8. The summed E-state index contributed by atoms with van der Waals surface area (Å²) in [5.74, 6) is 4.67. The molecule has 9 saturated heterocycles. The van der Waals surface area contributed by atoms with E-state index in [4.69, 9.17) is 124 Å². The van der Waals surface area contributed by atoms with Gasteiger partial charge in [-0.15, -0.1) is 79.4 Å². The van der Waals surface area contributed by atoms with Crippen molar-refractivity contribution in [3.8, 4) is 0 Å². The van der Waals surface area contributed by atoms with E-state index < -0.39 is 6.10 Å². The first-order valence-corrected chi connectivity index (χ1v) is 62.3. The smallest absolute Gasteiger partial charge is 0.106 e. The van der Waals surface area contributed by atoms with E-state index in [1.165, 1.54) is 145 Å². The minimum absolute atomic E-state index is 0.0523. The van der Waals surface area contributed by atoms with Gasteiger partial charge >= 0.3 is 0 Å². The van der Waals surface area contributed by atoms with Gasteiger partial charge in [-0.3, -0.25) is 0 Å². The van der Waals surface area contributed by atoms with Gasteiger partial charge in [-0.25, -0.2) is 0 Å². The average molecular weight is 2210 g/mol. The molecule has 3 saturated carbocycles. The van der Waals surface area contributed by atoms with Gasteiger partial charge in [0.15, 0.2) is 0 Å². The second-order valence-electron chi connectivity index (χ2n) is 46.2. The Morgan fingerprint density at radius 2 is 0.589 bits per heavy atom. The van der Waals surface area contributed by atoms with Crippen LogP contribution in [0.15, 0.2) is 42.5 Å². The van der Waals surface area contributed by atoms with Crippen LogP contribution < -0.4 is 37.2 Å². The van der Waals surface area contributed by atoms with Crippen molar-refractivity contribution in [2.45, 2.75) is 411 Å². The SMILES string of the molecule is CC1CC2(CC(C(C)C)N1)OCCc1cc(Cl)sc12.CC1CC2(CC(C3CC3)N1)OCCc1cc(Cl)sc12.CC1CC2(CC(C3CCC3)N1)OCCc1cc(Cl)sc12.CC1CC2(CC(C3CCOCC3)N1)OCCc1cc(Cl)sc12.CC1CC2(CC(CC3CCOCC3)N1)OCCc1cc(Cl)sc12.CCC1CC2(CC(C)N1)OCCc1cc(Cl)sc12.C[C@H]1C[C@@]2(C[C@@H](C3CC3)N1)OCC(O)c1cc(Cl)sc12. The fraction of sp³-hybridized carbons (Fsp3) is 0.745. The Bertz CT molecular complexity index is 5280. The van der Waals surface area contributed by atoms with Crippen molar-refractivity contribution < 1.29 is 47.7 Å². The Morgan fingerprint density at radius 1 is 0.312 bits per heavy atom. The van der Waals surface area contributed by atoms with Crippen LogP contribution in [0.2, 0.25) is 30.4 Å². The molecule has 19 unspecified atom stereocenters. The highest BCUT2D eigenvalue weighted by Gasteiger charge is 2.57. The zero-order valence-corrected chi connectivity index (χ0v) is 95.4. The summed E-state index contributed by atoms with van der Waals surface area (Å²) in [6, 6.07) is 22.3. The fourth-order valence-electron chi connectivity index (χ4n) is 28.3. The minimum atomic E-state index is -0.524. The van der Waals surface area contributed by atoms with Crippen molar-refractivity contribution in [1.82, 2.24) is 37.2 Å². The van der Waals surface area contributed by atoms with E-state index in [9.17, 15) is 5.11 Å². The van der Waals surface area contributed by atoms with Gasteiger partial charge in [0.1, 0.15) is 45.3 Å². The van der Waals surface area contributed by atoms with Crippen LogP contribution in [0.3, 0.4) is 0 Å². The third kappa shape index (κ3) is 24.2. The molecule has 19 aliphatic rings. The largest absolute Gasteiger partial charge is 0.386 e. The van der Waals surface area contributed by atoms with Gasteiger partial charge in [-0.05, 0) is 365 Å². The molecule has 780 valence electrons. The monoisotopic (exact) mass is 2200 g/mol. The lowest BCUT2D eigenvalue weighted by molar-refractivity contribution is -0.130. The average Bonchev–Trinajstić information content (AvgIpc) is 1.58. The number of ether oxygens (including phenoxy) is 9. The Morgan fingerprint density at radius 3 is 0.915 bits per heavy atom. The summed E-state index contributed by atoms with van der Waals surface area (Å²) in [5, 5.41) is 36.5. The van der Waals surface area contributed by atoms with Gasteiger partial charge in [-0.2, -0.15) is 0 Å². The summed E-state index contributed by atoms with van der Waals surface area (Å²) in [7, 11) is 0. The number of piperidine rings is 7. The molecule has 7 aromatic rings. The molecular weight excluding hydrogens is 2050 g/mol. The van der Waals surface area contributed by atoms with Crippen LogP contribution in [0.25, 0.3) is 0 Å². The molecule has 17 nitrogen and oxygen atoms in total. The van der Waals surface area contributed by atoms with Crippen LogP contribution in [0.4, 0.5) is 0 Å². The Hall–Kier alpha value is -0.750. The van der Waals surface area contributed by atoms with Gasteiger partial charge in [0.05, 0.1) is 76.6 Å². The topological polar surface area (TPSA) is 188 Å². The number of halogens is 7. The lowest BCUT2D eigenvalue weighted by Gasteiger charge is -2.49. The number of nitrogens with one attached hydrogen (secondary N) is 7. The number of aliphatic hydroxyl groups excluding tert-OH is 1. The van der Waals surface area contributed by atoms with E-state index in [2.05, 4.69) is 143 Å². The highest BCUT2D eigenvalue weighted by molar-refractivity contribution is 7.18. The van der Waals surface area contributed by atoms with Gasteiger partial charge in [0.2, 0.25) is 0 Å². The van der Waals surface area contributed by atoms with E-state index in [1.54, 1.807) is 79.4 Å². The molecule has 0 aromatic carbocycles. The molecule has 7 spiro atoms. The van der Waals surface area contributed by atoms with E-state index in [0.29, 0.717) is 103 Å². The van der Waals surface area contributed by atoms with Gasteiger partial charge in [0.25, 0.3) is 0 Å². The lowest BCUT2D eigenvalue weighted by Crippen LogP contribution is -2.56. The highest BCUT2D eigenvalue weighted by atomic mass is 35.5. The quantitative estimate of drug-likeness (QED) is 0.0717. The fourth-order valence-corrected chi connectivity index (χ4v) is 38.5. The third-order valence-corrected chi connectivity index (χ3v) is 45.2. The van der Waals surface area contributed by atoms with Gasteiger partial charge in [0, 0.05) is 151 Å². The third-order valence-electron chi connectivity index (χ3n) is 34.8. The lowest BCUT2D eigenvalue weighted by atomic mass is 9.71. The zero-order chi connectivity index (χ0) is 98.1. The van der Waals surface area contributed by atoms with Gasteiger partial charge < -0.3 is 85.0 Å². The minimum Gasteiger partial charge on any atom is -0.386 e. The Balaban J connectivity index is 0.000000101. The molecular formula is C110H154Cl7N7O10S7. The summed E-state index contributed by atoms with van der Waals surface area (Å²) in [6.07, 6.45) is 37.3. The number of rotatable bonds is 8. The van der Waals surface area contributed by atoms with E-state index in [1.807, 2.05) is 6.07 Å². The van der Waals surface area contributed by atoms with E-state index >= 15 is 0 Å². The molecule has 23 heterocycles. The summed E-state index contributed by atoms with van der Waals surface area (Å²) in [6.45, 7) is 31.9. The molecule has 8 N–H and O–H groups in total. The first-order chi connectivity index (χ1) is 67.8. The number of hydrogen-bond acceptors (Lipinski definition) is 24. The maximum Gasteiger partial charge on any atom is 0.106 e. The molecule has 0 amide bonds. The predicted molar refractivity (Wildman–Crippen MR) is 585 cm³/mol. The summed E-state index contributed by atoms with van der Waals surface area (Å²) < 4.78 is 61.6. The van der Waals surface area contributed by atoms with Crippen molar-refractivity contribution >= 4 is 161 Å². The normalized spacial score (nSPS) is 37.0. The second-order valence-corrected chi connectivity index (χ2v) is 57.9. The van der Waals surface area contributed by atoms with Crippen LogP contribution in [0.1, 0.15) is 322 Å². The predicted octanol–water partition coefficient (Wildman–Crippen LogP) is 26.6. The maximum atomic E-state index is 10.1. The van der Waals surface area contributed by atoms with Crippen LogP contribution in [0, 0.1) is 35.5 Å². The second kappa shape index (κ2) is 45.7. The molecule has 26 rings (SSSR count). The highest BCUT2D eigenvalue weighted by Crippen LogP contribution is 2.59. The van der Waals surface area contributed by atoms with Crippen LogP contribution >= 0.6 is 161 Å². The van der Waals surface area contributed by atoms with Crippen LogP contribution in [-0.2, 0) is 120 Å².